The van der Waals surface area contributed by atoms with Crippen molar-refractivity contribution in [2.75, 3.05) is 5.32 Å². The Morgan fingerprint density at radius 1 is 1.15 bits per heavy atom. The number of anilines is 2. The first kappa shape index (κ1) is 20.0. The number of alkyl halides is 3. The second kappa shape index (κ2) is 7.14. The van der Waals surface area contributed by atoms with Crippen molar-refractivity contribution >= 4 is 23.0 Å². The summed E-state index contributed by atoms with van der Waals surface area (Å²) in [5.74, 6) is -0.917. The van der Waals surface area contributed by atoms with E-state index >= 15 is 0 Å². The van der Waals surface area contributed by atoms with E-state index < -0.39 is 33.9 Å². The number of hydrogen-bond donors (Lipinski definition) is 2. The molecule has 0 saturated heterocycles. The van der Waals surface area contributed by atoms with Crippen LogP contribution >= 0.6 is 0 Å². The summed E-state index contributed by atoms with van der Waals surface area (Å²) < 4.78 is 43.5. The highest BCUT2D eigenvalue weighted by molar-refractivity contribution is 5.77. The van der Waals surface area contributed by atoms with E-state index in [0.29, 0.717) is 11.8 Å². The first-order valence-electron chi connectivity index (χ1n) is 7.55. The van der Waals surface area contributed by atoms with Crippen LogP contribution < -0.4 is 10.1 Å². The molecule has 27 heavy (non-hydrogen) atoms. The number of halogens is 3. The molecular weight excluding hydrogens is 369 g/mol. The molecule has 2 aromatic carbocycles. The van der Waals surface area contributed by atoms with Gasteiger partial charge < -0.3 is 15.2 Å². The Hall–Kier alpha value is -3.30. The standard InChI is InChI=1S/C17H15F3N2O5/c1-16(2,15(23)24)27-12-6-4-11(5-7-12)21-13-8-3-10(17(18,19)20)9-14(13)22(25)26/h3-9,21H,1-2H3,(H,23,24). The maximum absolute atomic E-state index is 12.7. The first-order chi connectivity index (χ1) is 12.4. The van der Waals surface area contributed by atoms with E-state index in [2.05, 4.69) is 5.32 Å². The summed E-state index contributed by atoms with van der Waals surface area (Å²) in [6.45, 7) is 2.74. The van der Waals surface area contributed by atoms with Gasteiger partial charge in [0.1, 0.15) is 11.4 Å². The number of carboxylic acid groups (broad SMARTS) is 1. The van der Waals surface area contributed by atoms with Gasteiger partial charge in [-0.05, 0) is 50.2 Å². The lowest BCUT2D eigenvalue weighted by Gasteiger charge is -2.21. The number of nitrogens with zero attached hydrogens (tertiary/aromatic N) is 1. The number of nitro benzene ring substituents is 1. The van der Waals surface area contributed by atoms with Crippen LogP contribution in [0, 0.1) is 10.1 Å². The smallest absolute Gasteiger partial charge is 0.416 e. The van der Waals surface area contributed by atoms with Crippen molar-refractivity contribution in [3.05, 3.63) is 58.1 Å². The van der Waals surface area contributed by atoms with E-state index in [4.69, 9.17) is 9.84 Å². The van der Waals surface area contributed by atoms with Crippen LogP contribution in [-0.2, 0) is 11.0 Å². The highest BCUT2D eigenvalue weighted by Gasteiger charge is 2.33. The second-order valence-electron chi connectivity index (χ2n) is 6.05. The molecule has 0 unspecified atom stereocenters. The molecule has 0 saturated carbocycles. The molecule has 0 aliphatic rings. The van der Waals surface area contributed by atoms with Crippen LogP contribution in [0.1, 0.15) is 19.4 Å². The molecule has 0 atom stereocenters. The number of nitrogens with one attached hydrogen (secondary N) is 1. The summed E-state index contributed by atoms with van der Waals surface area (Å²) in [4.78, 5) is 21.2. The van der Waals surface area contributed by atoms with E-state index in [1.54, 1.807) is 0 Å². The molecule has 0 radical (unpaired) electrons. The lowest BCUT2D eigenvalue weighted by Crippen LogP contribution is -2.37. The van der Waals surface area contributed by atoms with Gasteiger partial charge in [-0.25, -0.2) is 4.79 Å². The Morgan fingerprint density at radius 3 is 2.22 bits per heavy atom. The van der Waals surface area contributed by atoms with Crippen molar-refractivity contribution in [3.63, 3.8) is 0 Å². The van der Waals surface area contributed by atoms with Gasteiger partial charge in [-0.2, -0.15) is 13.2 Å². The molecule has 2 N–H and O–H groups in total. The Labute approximate surface area is 151 Å². The van der Waals surface area contributed by atoms with Gasteiger partial charge in [-0.1, -0.05) is 0 Å². The summed E-state index contributed by atoms with van der Waals surface area (Å²) in [6.07, 6.45) is -4.70. The van der Waals surface area contributed by atoms with Crippen molar-refractivity contribution in [3.8, 4) is 5.75 Å². The van der Waals surface area contributed by atoms with Gasteiger partial charge in [0, 0.05) is 11.8 Å². The predicted octanol–water partition coefficient (Wildman–Crippen LogP) is 4.60. The molecule has 0 aliphatic heterocycles. The lowest BCUT2D eigenvalue weighted by molar-refractivity contribution is -0.384. The van der Waals surface area contributed by atoms with Gasteiger partial charge in [0.05, 0.1) is 10.5 Å². The number of ether oxygens (including phenoxy) is 1. The summed E-state index contributed by atoms with van der Waals surface area (Å²) in [5.41, 5.74) is -3.08. The largest absolute Gasteiger partial charge is 0.478 e. The third-order valence-corrected chi connectivity index (χ3v) is 3.54. The fraction of sp³-hybridized carbons (Fsp3) is 0.235. The number of aliphatic carboxylic acids is 1. The first-order valence-corrected chi connectivity index (χ1v) is 7.55. The Bertz CT molecular complexity index is 864. The SMILES string of the molecule is CC(C)(Oc1ccc(Nc2ccc(C(F)(F)F)cc2[N+](=O)[O-])cc1)C(=O)O. The fourth-order valence-electron chi connectivity index (χ4n) is 2.06. The van der Waals surface area contributed by atoms with Crippen LogP contribution in [0.25, 0.3) is 0 Å². The monoisotopic (exact) mass is 384 g/mol. The van der Waals surface area contributed by atoms with E-state index in [-0.39, 0.29) is 11.4 Å². The Kier molecular flexibility index (Phi) is 5.29. The zero-order chi connectivity index (χ0) is 20.4. The average Bonchev–Trinajstić information content (AvgIpc) is 2.55. The van der Waals surface area contributed by atoms with Crippen molar-refractivity contribution in [2.45, 2.75) is 25.6 Å². The number of hydrogen-bond acceptors (Lipinski definition) is 5. The fourth-order valence-corrected chi connectivity index (χ4v) is 2.06. The number of benzene rings is 2. The molecule has 0 fully saturated rings. The van der Waals surface area contributed by atoms with Crippen molar-refractivity contribution in [1.29, 1.82) is 0 Å². The molecule has 10 heteroatoms. The average molecular weight is 384 g/mol. The van der Waals surface area contributed by atoms with E-state index in [1.807, 2.05) is 0 Å². The summed E-state index contributed by atoms with van der Waals surface area (Å²) in [5, 5.41) is 22.8. The molecule has 144 valence electrons. The minimum atomic E-state index is -4.70. The van der Waals surface area contributed by atoms with Crippen molar-refractivity contribution in [2.24, 2.45) is 0 Å². The van der Waals surface area contributed by atoms with E-state index in [1.165, 1.54) is 38.1 Å². The Balaban J connectivity index is 2.24. The van der Waals surface area contributed by atoms with Crippen molar-refractivity contribution in [1.82, 2.24) is 0 Å². The predicted molar refractivity (Wildman–Crippen MR) is 90.2 cm³/mol. The molecule has 0 aliphatic carbocycles. The maximum Gasteiger partial charge on any atom is 0.416 e. The number of rotatable bonds is 6. The van der Waals surface area contributed by atoms with Gasteiger partial charge in [-0.3, -0.25) is 10.1 Å². The molecule has 0 spiro atoms. The zero-order valence-corrected chi connectivity index (χ0v) is 14.2. The number of carbonyl (C=O) groups is 1. The molecule has 7 nitrogen and oxygen atoms in total. The molecule has 0 amide bonds. The third-order valence-electron chi connectivity index (χ3n) is 3.54. The lowest BCUT2D eigenvalue weighted by atomic mass is 10.1. The second-order valence-corrected chi connectivity index (χ2v) is 6.05. The van der Waals surface area contributed by atoms with Gasteiger partial charge in [0.25, 0.3) is 5.69 Å². The number of carboxylic acids is 1. The quantitative estimate of drug-likeness (QED) is 0.558. The molecule has 2 aromatic rings. The molecule has 2 rings (SSSR count). The van der Waals surface area contributed by atoms with Crippen LogP contribution in [-0.4, -0.2) is 21.6 Å². The van der Waals surface area contributed by atoms with Gasteiger partial charge >= 0.3 is 12.1 Å². The summed E-state index contributed by atoms with van der Waals surface area (Å²) in [7, 11) is 0. The third kappa shape index (κ3) is 4.87. The zero-order valence-electron chi connectivity index (χ0n) is 14.2. The normalized spacial score (nSPS) is 11.7. The van der Waals surface area contributed by atoms with Gasteiger partial charge in [0.2, 0.25) is 0 Å². The van der Waals surface area contributed by atoms with Gasteiger partial charge in [-0.15, -0.1) is 0 Å². The summed E-state index contributed by atoms with van der Waals surface area (Å²) >= 11 is 0. The Morgan fingerprint density at radius 2 is 1.74 bits per heavy atom. The van der Waals surface area contributed by atoms with Crippen LogP contribution in [0.4, 0.5) is 30.2 Å². The maximum atomic E-state index is 12.7. The van der Waals surface area contributed by atoms with Crippen LogP contribution in [0.5, 0.6) is 5.75 Å². The molecule has 0 heterocycles. The minimum absolute atomic E-state index is 0.118. The topological polar surface area (TPSA) is 102 Å². The van der Waals surface area contributed by atoms with E-state index in [0.717, 1.165) is 12.1 Å². The van der Waals surface area contributed by atoms with Crippen LogP contribution in [0.3, 0.4) is 0 Å². The molecule has 0 aromatic heterocycles. The molecule has 0 bridgehead atoms. The minimum Gasteiger partial charge on any atom is -0.478 e. The highest BCUT2D eigenvalue weighted by atomic mass is 19.4. The van der Waals surface area contributed by atoms with Gasteiger partial charge in [0.15, 0.2) is 5.60 Å². The molecular formula is C17H15F3N2O5. The van der Waals surface area contributed by atoms with Crippen LogP contribution in [0.2, 0.25) is 0 Å². The number of nitro groups is 1. The summed E-state index contributed by atoms with van der Waals surface area (Å²) in [6, 6.07) is 7.94. The van der Waals surface area contributed by atoms with E-state index in [9.17, 15) is 28.1 Å². The van der Waals surface area contributed by atoms with Crippen LogP contribution in [0.15, 0.2) is 42.5 Å². The highest BCUT2D eigenvalue weighted by Crippen LogP contribution is 2.36. The van der Waals surface area contributed by atoms with Crippen molar-refractivity contribution < 1.29 is 32.7 Å².